The molecule has 0 heterocycles. The quantitative estimate of drug-likeness (QED) is 0.537. The minimum absolute atomic E-state index is 0.0178. The fourth-order valence-corrected chi connectivity index (χ4v) is 6.03. The zero-order chi connectivity index (χ0) is 21.3. The van der Waals surface area contributed by atoms with E-state index in [1.807, 2.05) is 0 Å². The molecule has 4 rings (SSSR count). The van der Waals surface area contributed by atoms with Crippen LogP contribution in [-0.4, -0.2) is 31.8 Å². The second-order valence-electron chi connectivity index (χ2n) is 7.95. The van der Waals surface area contributed by atoms with E-state index in [4.69, 9.17) is 0 Å². The summed E-state index contributed by atoms with van der Waals surface area (Å²) in [4.78, 5) is 23.4. The second kappa shape index (κ2) is 8.06. The molecule has 0 saturated heterocycles. The molecule has 0 unspecified atom stereocenters. The van der Waals surface area contributed by atoms with E-state index in [1.165, 1.54) is 42.8 Å². The van der Waals surface area contributed by atoms with Gasteiger partial charge in [0, 0.05) is 18.2 Å². The van der Waals surface area contributed by atoms with Crippen molar-refractivity contribution in [1.82, 2.24) is 5.32 Å². The van der Waals surface area contributed by atoms with E-state index in [2.05, 4.69) is 5.32 Å². The van der Waals surface area contributed by atoms with Gasteiger partial charge in [0.2, 0.25) is 5.91 Å². The van der Waals surface area contributed by atoms with Crippen LogP contribution in [0.25, 0.3) is 0 Å². The van der Waals surface area contributed by atoms with Gasteiger partial charge in [0.1, 0.15) is 6.54 Å². The first kappa shape index (κ1) is 20.3. The number of anilines is 1. The van der Waals surface area contributed by atoms with Crippen LogP contribution in [0.15, 0.2) is 59.5 Å². The lowest BCUT2D eigenvalue weighted by Gasteiger charge is -2.27. The van der Waals surface area contributed by atoms with Gasteiger partial charge in [-0.15, -0.1) is 0 Å². The highest BCUT2D eigenvalue weighted by molar-refractivity contribution is 7.92. The fourth-order valence-electron chi connectivity index (χ4n) is 4.60. The molecule has 2 aliphatic rings. The van der Waals surface area contributed by atoms with Gasteiger partial charge in [-0.2, -0.15) is 0 Å². The number of nitro benzene ring substituents is 1. The summed E-state index contributed by atoms with van der Waals surface area (Å²) in [6.07, 6.45) is 4.33. The normalized spacial score (nSPS) is 22.6. The predicted molar refractivity (Wildman–Crippen MR) is 111 cm³/mol. The van der Waals surface area contributed by atoms with Gasteiger partial charge < -0.3 is 5.32 Å². The van der Waals surface area contributed by atoms with Gasteiger partial charge in [-0.3, -0.25) is 19.2 Å². The van der Waals surface area contributed by atoms with Crippen LogP contribution in [0.5, 0.6) is 0 Å². The number of non-ortho nitro benzene ring substituents is 1. The van der Waals surface area contributed by atoms with Gasteiger partial charge in [0.15, 0.2) is 0 Å². The van der Waals surface area contributed by atoms with Crippen LogP contribution in [-0.2, 0) is 14.8 Å². The monoisotopic (exact) mass is 429 g/mol. The predicted octanol–water partition coefficient (Wildman–Crippen LogP) is 3.09. The van der Waals surface area contributed by atoms with E-state index in [9.17, 15) is 23.3 Å². The number of benzene rings is 2. The first-order chi connectivity index (χ1) is 14.3. The van der Waals surface area contributed by atoms with Gasteiger partial charge in [-0.1, -0.05) is 30.7 Å². The Labute approximate surface area is 175 Å². The third-order valence-electron chi connectivity index (χ3n) is 6.03. The van der Waals surface area contributed by atoms with Gasteiger partial charge >= 0.3 is 0 Å². The van der Waals surface area contributed by atoms with Gasteiger partial charge in [-0.25, -0.2) is 8.42 Å². The van der Waals surface area contributed by atoms with Crippen molar-refractivity contribution in [3.63, 3.8) is 0 Å². The summed E-state index contributed by atoms with van der Waals surface area (Å²) < 4.78 is 27.5. The summed E-state index contributed by atoms with van der Waals surface area (Å²) in [5.74, 6) is 0.690. The van der Waals surface area contributed by atoms with Crippen LogP contribution >= 0.6 is 0 Å². The zero-order valence-corrected chi connectivity index (χ0v) is 17.1. The molecule has 2 aromatic carbocycles. The largest absolute Gasteiger partial charge is 0.352 e. The van der Waals surface area contributed by atoms with Crippen molar-refractivity contribution in [3.8, 4) is 0 Å². The zero-order valence-electron chi connectivity index (χ0n) is 16.3. The first-order valence-corrected chi connectivity index (χ1v) is 11.4. The smallest absolute Gasteiger partial charge is 0.271 e. The van der Waals surface area contributed by atoms with Crippen LogP contribution in [0.4, 0.5) is 11.4 Å². The van der Waals surface area contributed by atoms with Crippen molar-refractivity contribution >= 4 is 27.3 Å². The Bertz CT molecular complexity index is 1060. The molecule has 2 fully saturated rings. The van der Waals surface area contributed by atoms with Gasteiger partial charge in [-0.05, 0) is 49.3 Å². The van der Waals surface area contributed by atoms with E-state index in [0.717, 1.165) is 23.6 Å². The molecule has 2 aromatic rings. The number of fused-ring (bicyclic) bond motifs is 2. The van der Waals surface area contributed by atoms with E-state index >= 15 is 0 Å². The van der Waals surface area contributed by atoms with Crippen molar-refractivity contribution in [1.29, 1.82) is 0 Å². The third kappa shape index (κ3) is 4.02. The van der Waals surface area contributed by atoms with Crippen molar-refractivity contribution in [2.45, 2.75) is 36.6 Å². The molecular formula is C21H23N3O5S. The SMILES string of the molecule is O=C(CN(c1cccc([N+](=O)[O-])c1)S(=O)(=O)c1ccccc1)N[C@H]1C[C@H]2CC[C@H]1C2. The minimum atomic E-state index is -4.09. The average molecular weight is 429 g/mol. The topological polar surface area (TPSA) is 110 Å². The van der Waals surface area contributed by atoms with E-state index in [0.29, 0.717) is 11.8 Å². The maximum absolute atomic E-state index is 13.3. The Morgan fingerprint density at radius 2 is 1.87 bits per heavy atom. The summed E-state index contributed by atoms with van der Waals surface area (Å²) >= 11 is 0. The molecule has 0 aromatic heterocycles. The standard InChI is InChI=1S/C21H23N3O5S/c25-21(22-20-12-15-9-10-16(20)11-15)14-23(17-5-4-6-18(13-17)24(26)27)30(28,29)19-7-2-1-3-8-19/h1-8,13,15-16,20H,9-12,14H2,(H,22,25)/t15-,16-,20-/m0/s1. The number of nitrogens with one attached hydrogen (secondary N) is 1. The Hall–Kier alpha value is -2.94. The number of carbonyl (C=O) groups excluding carboxylic acids is 1. The van der Waals surface area contributed by atoms with Gasteiger partial charge in [0.05, 0.1) is 15.5 Å². The van der Waals surface area contributed by atoms with Crippen LogP contribution in [0.3, 0.4) is 0 Å². The van der Waals surface area contributed by atoms with E-state index < -0.39 is 27.4 Å². The third-order valence-corrected chi connectivity index (χ3v) is 7.82. The highest BCUT2D eigenvalue weighted by Crippen LogP contribution is 2.44. The summed E-state index contributed by atoms with van der Waals surface area (Å²) in [5, 5.41) is 14.2. The molecule has 2 aliphatic carbocycles. The van der Waals surface area contributed by atoms with Gasteiger partial charge in [0.25, 0.3) is 15.7 Å². The lowest BCUT2D eigenvalue weighted by atomic mass is 9.95. The molecule has 158 valence electrons. The molecule has 1 N–H and O–H groups in total. The number of rotatable bonds is 7. The average Bonchev–Trinajstić information content (AvgIpc) is 3.36. The number of amides is 1. The Kier molecular flexibility index (Phi) is 5.46. The summed E-state index contributed by atoms with van der Waals surface area (Å²) in [5.41, 5.74) is -0.162. The van der Waals surface area contributed by atoms with Crippen molar-refractivity contribution in [2.24, 2.45) is 11.8 Å². The number of hydrogen-bond donors (Lipinski definition) is 1. The van der Waals surface area contributed by atoms with Crippen LogP contribution < -0.4 is 9.62 Å². The number of hydrogen-bond acceptors (Lipinski definition) is 5. The molecule has 0 spiro atoms. The summed E-state index contributed by atoms with van der Waals surface area (Å²) in [7, 11) is -4.09. The molecule has 0 aliphatic heterocycles. The maximum atomic E-state index is 13.3. The van der Waals surface area contributed by atoms with Crippen molar-refractivity contribution < 1.29 is 18.1 Å². The molecular weight excluding hydrogens is 406 g/mol. The Morgan fingerprint density at radius 3 is 2.50 bits per heavy atom. The summed E-state index contributed by atoms with van der Waals surface area (Å²) in [6, 6.07) is 13.1. The summed E-state index contributed by atoms with van der Waals surface area (Å²) in [6.45, 7) is -0.438. The van der Waals surface area contributed by atoms with Crippen molar-refractivity contribution in [2.75, 3.05) is 10.8 Å². The first-order valence-electron chi connectivity index (χ1n) is 9.96. The molecule has 2 saturated carbocycles. The molecule has 2 bridgehead atoms. The minimum Gasteiger partial charge on any atom is -0.352 e. The highest BCUT2D eigenvalue weighted by Gasteiger charge is 2.40. The van der Waals surface area contributed by atoms with Crippen LogP contribution in [0.1, 0.15) is 25.7 Å². The maximum Gasteiger partial charge on any atom is 0.271 e. The molecule has 0 radical (unpaired) electrons. The highest BCUT2D eigenvalue weighted by atomic mass is 32.2. The number of sulfonamides is 1. The van der Waals surface area contributed by atoms with E-state index in [1.54, 1.807) is 18.2 Å². The lowest BCUT2D eigenvalue weighted by molar-refractivity contribution is -0.384. The molecule has 30 heavy (non-hydrogen) atoms. The fraction of sp³-hybridized carbons (Fsp3) is 0.381. The van der Waals surface area contributed by atoms with Crippen LogP contribution in [0, 0.1) is 22.0 Å². The Balaban J connectivity index is 1.62. The molecule has 8 nitrogen and oxygen atoms in total. The van der Waals surface area contributed by atoms with Crippen molar-refractivity contribution in [3.05, 3.63) is 64.7 Å². The number of nitrogens with zero attached hydrogens (tertiary/aromatic N) is 2. The van der Waals surface area contributed by atoms with Crippen LogP contribution in [0.2, 0.25) is 0 Å². The number of nitro groups is 1. The lowest BCUT2D eigenvalue weighted by Crippen LogP contribution is -2.46. The second-order valence-corrected chi connectivity index (χ2v) is 9.81. The molecule has 9 heteroatoms. The molecule has 3 atom stereocenters. The van der Waals surface area contributed by atoms with E-state index in [-0.39, 0.29) is 22.3 Å². The molecule has 1 amide bonds. The Morgan fingerprint density at radius 1 is 1.10 bits per heavy atom. The number of carbonyl (C=O) groups is 1.